The number of urea groups is 1. The lowest BCUT2D eigenvalue weighted by atomic mass is 10.0. The Bertz CT molecular complexity index is 523. The van der Waals surface area contributed by atoms with Crippen molar-refractivity contribution in [2.24, 2.45) is 11.8 Å². The molecule has 20 heavy (non-hydrogen) atoms. The highest BCUT2D eigenvalue weighted by molar-refractivity contribution is 5.96. The maximum atomic E-state index is 12.8. The van der Waals surface area contributed by atoms with E-state index in [0.29, 0.717) is 11.8 Å². The fourth-order valence-electron chi connectivity index (χ4n) is 3.39. The van der Waals surface area contributed by atoms with Crippen molar-refractivity contribution >= 4 is 11.7 Å². The third-order valence-corrected chi connectivity index (χ3v) is 4.21. The molecule has 1 aliphatic heterocycles. The summed E-state index contributed by atoms with van der Waals surface area (Å²) in [5.74, 6) is 0.916. The van der Waals surface area contributed by atoms with Gasteiger partial charge in [-0.3, -0.25) is 4.90 Å². The van der Waals surface area contributed by atoms with Crippen LogP contribution in [0.25, 0.3) is 0 Å². The van der Waals surface area contributed by atoms with Crippen LogP contribution >= 0.6 is 0 Å². The van der Waals surface area contributed by atoms with Crippen LogP contribution in [0.4, 0.5) is 10.5 Å². The summed E-state index contributed by atoms with van der Waals surface area (Å²) >= 11 is 0. The zero-order chi connectivity index (χ0) is 14.3. The summed E-state index contributed by atoms with van der Waals surface area (Å²) in [6.07, 6.45) is 4.44. The van der Waals surface area contributed by atoms with E-state index < -0.39 is 0 Å². The first-order valence-electron chi connectivity index (χ1n) is 7.43. The predicted molar refractivity (Wildman–Crippen MR) is 81.7 cm³/mol. The highest BCUT2D eigenvalue weighted by atomic mass is 16.2. The third-order valence-electron chi connectivity index (χ3n) is 4.21. The smallest absolute Gasteiger partial charge is 0.318 e. The van der Waals surface area contributed by atoms with Crippen molar-refractivity contribution in [2.75, 3.05) is 11.4 Å². The Morgan fingerprint density at radius 3 is 2.50 bits per heavy atom. The van der Waals surface area contributed by atoms with Crippen LogP contribution in [0.1, 0.15) is 20.8 Å². The van der Waals surface area contributed by atoms with Gasteiger partial charge >= 0.3 is 6.03 Å². The number of carbonyl (C=O) groups is 1. The zero-order valence-corrected chi connectivity index (χ0v) is 12.4. The Hall–Kier alpha value is -1.77. The van der Waals surface area contributed by atoms with Crippen LogP contribution in [-0.4, -0.2) is 29.6 Å². The van der Waals surface area contributed by atoms with Crippen molar-refractivity contribution in [3.8, 4) is 0 Å². The summed E-state index contributed by atoms with van der Waals surface area (Å²) < 4.78 is 0. The molecule has 106 valence electrons. The van der Waals surface area contributed by atoms with Crippen molar-refractivity contribution in [3.05, 3.63) is 42.5 Å². The molecular weight excluding hydrogens is 248 g/mol. The molecule has 1 saturated heterocycles. The van der Waals surface area contributed by atoms with E-state index in [1.54, 1.807) is 0 Å². The van der Waals surface area contributed by atoms with Gasteiger partial charge in [0, 0.05) is 12.2 Å². The minimum Gasteiger partial charge on any atom is -0.318 e. The molecule has 3 rings (SSSR count). The molecule has 0 spiro atoms. The molecule has 1 fully saturated rings. The second-order valence-electron chi connectivity index (χ2n) is 6.26. The van der Waals surface area contributed by atoms with E-state index in [-0.39, 0.29) is 18.1 Å². The minimum absolute atomic E-state index is 0.149. The Kier molecular flexibility index (Phi) is 3.28. The molecule has 3 heteroatoms. The van der Waals surface area contributed by atoms with Gasteiger partial charge in [-0.25, -0.2) is 4.79 Å². The molecule has 0 saturated carbocycles. The second kappa shape index (κ2) is 4.97. The second-order valence-corrected chi connectivity index (χ2v) is 6.26. The topological polar surface area (TPSA) is 23.6 Å². The number of hydrogen-bond acceptors (Lipinski definition) is 1. The average molecular weight is 270 g/mol. The minimum atomic E-state index is 0.149. The maximum Gasteiger partial charge on any atom is 0.325 e. The van der Waals surface area contributed by atoms with Crippen LogP contribution < -0.4 is 4.90 Å². The standard InChI is InChI=1S/C17H22N2O/c1-12(2)11-18-16-13(3)9-10-15(16)19(17(18)20)14-7-5-4-6-8-14/h4-10,12-13,15-16H,11H2,1-3H3/t13-,15-,16+/m1/s1. The molecule has 3 atom stereocenters. The van der Waals surface area contributed by atoms with Crippen molar-refractivity contribution in [1.82, 2.24) is 4.90 Å². The van der Waals surface area contributed by atoms with Crippen LogP contribution in [-0.2, 0) is 0 Å². The normalized spacial score (nSPS) is 28.6. The lowest BCUT2D eigenvalue weighted by molar-refractivity contribution is 0.185. The van der Waals surface area contributed by atoms with Crippen LogP contribution in [0, 0.1) is 11.8 Å². The average Bonchev–Trinajstić information content (AvgIpc) is 2.91. The number of carbonyl (C=O) groups excluding carboxylic acids is 1. The van der Waals surface area contributed by atoms with Crippen LogP contribution in [0.3, 0.4) is 0 Å². The van der Waals surface area contributed by atoms with Gasteiger partial charge in [0.15, 0.2) is 0 Å². The summed E-state index contributed by atoms with van der Waals surface area (Å²) in [6.45, 7) is 7.37. The van der Waals surface area contributed by atoms with Gasteiger partial charge in [-0.2, -0.15) is 0 Å². The number of nitrogens with zero attached hydrogens (tertiary/aromatic N) is 2. The number of hydrogen-bond donors (Lipinski definition) is 0. The Labute approximate surface area is 120 Å². The Balaban J connectivity index is 1.96. The molecule has 2 aliphatic rings. The van der Waals surface area contributed by atoms with Gasteiger partial charge in [0.25, 0.3) is 0 Å². The number of fused-ring (bicyclic) bond motifs is 1. The van der Waals surface area contributed by atoms with Crippen molar-refractivity contribution < 1.29 is 4.79 Å². The number of amides is 2. The zero-order valence-electron chi connectivity index (χ0n) is 12.4. The lowest BCUT2D eigenvalue weighted by Gasteiger charge is -2.27. The molecule has 0 N–H and O–H groups in total. The maximum absolute atomic E-state index is 12.8. The fraction of sp³-hybridized carbons (Fsp3) is 0.471. The molecule has 0 radical (unpaired) electrons. The summed E-state index contributed by atoms with van der Waals surface area (Å²) in [5.41, 5.74) is 0.998. The molecule has 2 amide bonds. The highest BCUT2D eigenvalue weighted by Gasteiger charge is 2.49. The van der Waals surface area contributed by atoms with Crippen molar-refractivity contribution in [2.45, 2.75) is 32.9 Å². The first-order valence-corrected chi connectivity index (χ1v) is 7.43. The molecule has 1 heterocycles. The summed E-state index contributed by atoms with van der Waals surface area (Å²) in [6, 6.07) is 10.6. The van der Waals surface area contributed by atoms with Crippen LogP contribution in [0.5, 0.6) is 0 Å². The largest absolute Gasteiger partial charge is 0.325 e. The van der Waals surface area contributed by atoms with Crippen LogP contribution in [0.15, 0.2) is 42.5 Å². The Morgan fingerprint density at radius 2 is 1.85 bits per heavy atom. The molecule has 0 aromatic heterocycles. The number of anilines is 1. The van der Waals surface area contributed by atoms with E-state index in [1.165, 1.54) is 0 Å². The van der Waals surface area contributed by atoms with Crippen LogP contribution in [0.2, 0.25) is 0 Å². The molecule has 1 aromatic carbocycles. The molecule has 0 unspecified atom stereocenters. The third kappa shape index (κ3) is 2.01. The molecule has 0 bridgehead atoms. The van der Waals surface area contributed by atoms with E-state index in [4.69, 9.17) is 0 Å². The van der Waals surface area contributed by atoms with Gasteiger partial charge in [0.05, 0.1) is 12.1 Å². The van der Waals surface area contributed by atoms with Gasteiger partial charge in [0.1, 0.15) is 0 Å². The van der Waals surface area contributed by atoms with E-state index in [2.05, 4.69) is 37.8 Å². The number of para-hydroxylation sites is 1. The summed E-state index contributed by atoms with van der Waals surface area (Å²) in [5, 5.41) is 0. The Morgan fingerprint density at radius 1 is 1.15 bits per heavy atom. The molecule has 1 aliphatic carbocycles. The summed E-state index contributed by atoms with van der Waals surface area (Å²) in [7, 11) is 0. The van der Waals surface area contributed by atoms with Gasteiger partial charge in [-0.15, -0.1) is 0 Å². The predicted octanol–water partition coefficient (Wildman–Crippen LogP) is 3.53. The van der Waals surface area contributed by atoms with E-state index in [0.717, 1.165) is 12.2 Å². The molecule has 3 nitrogen and oxygen atoms in total. The lowest BCUT2D eigenvalue weighted by Crippen LogP contribution is -2.40. The highest BCUT2D eigenvalue weighted by Crippen LogP contribution is 2.37. The van der Waals surface area contributed by atoms with Gasteiger partial charge < -0.3 is 4.90 Å². The van der Waals surface area contributed by atoms with Gasteiger partial charge in [-0.1, -0.05) is 51.1 Å². The van der Waals surface area contributed by atoms with E-state index in [9.17, 15) is 4.79 Å². The van der Waals surface area contributed by atoms with E-state index >= 15 is 0 Å². The molecular formula is C17H22N2O. The van der Waals surface area contributed by atoms with Crippen molar-refractivity contribution in [3.63, 3.8) is 0 Å². The number of benzene rings is 1. The fourth-order valence-corrected chi connectivity index (χ4v) is 3.39. The molecule has 1 aromatic rings. The van der Waals surface area contributed by atoms with Gasteiger partial charge in [0.2, 0.25) is 0 Å². The summed E-state index contributed by atoms with van der Waals surface area (Å²) in [4.78, 5) is 16.8. The first kappa shape index (κ1) is 13.2. The SMILES string of the molecule is CC(C)CN1C(=O)N(c2ccccc2)[C@@H]2C=C[C@@H](C)[C@@H]21. The monoisotopic (exact) mass is 270 g/mol. The van der Waals surface area contributed by atoms with E-state index in [1.807, 2.05) is 35.2 Å². The van der Waals surface area contributed by atoms with Gasteiger partial charge in [-0.05, 0) is 24.0 Å². The first-order chi connectivity index (χ1) is 9.59. The van der Waals surface area contributed by atoms with Crippen molar-refractivity contribution in [1.29, 1.82) is 0 Å². The number of rotatable bonds is 3. The quantitative estimate of drug-likeness (QED) is 0.771.